The summed E-state index contributed by atoms with van der Waals surface area (Å²) in [6.07, 6.45) is 0. The van der Waals surface area contributed by atoms with E-state index in [9.17, 15) is 0 Å². The lowest BCUT2D eigenvalue weighted by Crippen LogP contribution is -2.24. The molecule has 0 atom stereocenters. The second-order valence-corrected chi connectivity index (χ2v) is 35.2. The van der Waals surface area contributed by atoms with Gasteiger partial charge in [0, 0.05) is 98.2 Å². The molecule has 580 valence electrons. The van der Waals surface area contributed by atoms with Crippen LogP contribution in [0.2, 0.25) is 0 Å². The fourth-order valence-corrected chi connectivity index (χ4v) is 21.2. The second-order valence-electron chi connectivity index (χ2n) is 31.4. The molecule has 0 bridgehead atoms. The second kappa shape index (κ2) is 30.9. The lowest BCUT2D eigenvalue weighted by molar-refractivity contribution is 0.592. The largest absolute Gasteiger partial charge is 0.309 e. The Balaban J connectivity index is 0.000000147. The number of aromatic nitrogens is 11. The van der Waals surface area contributed by atoms with Crippen LogP contribution in [0.4, 0.5) is 0 Å². The van der Waals surface area contributed by atoms with Gasteiger partial charge in [-0.05, 0) is 116 Å². The number of hydrogen-bond acceptors (Lipinski definition) is 14. The van der Waals surface area contributed by atoms with E-state index in [-0.39, 0.29) is 5.41 Å². The maximum absolute atomic E-state index is 15.1. The quantitative estimate of drug-likeness (QED) is 0.0750. The van der Waals surface area contributed by atoms with Crippen LogP contribution in [0.1, 0.15) is 25.0 Å². The minimum Gasteiger partial charge on any atom is -0.309 e. The molecule has 0 fully saturated rings. The minimum absolute atomic E-state index is 0.0625. The Kier molecular flexibility index (Phi) is 18.6. The van der Waals surface area contributed by atoms with E-state index in [0.717, 1.165) is 176 Å². The lowest BCUT2D eigenvalue weighted by atomic mass is 9.81. The van der Waals surface area contributed by atoms with Crippen molar-refractivity contribution in [3.63, 3.8) is 0 Å². The number of fused-ring (bicyclic) bond motifs is 13. The fraction of sp³-hybridized carbons (Fsp3) is 0.0278. The summed E-state index contributed by atoms with van der Waals surface area (Å²) >= 11 is 2.47. The number of hydrogen-bond donors (Lipinski definition) is 0. The molecule has 6 aromatic heterocycles. The summed E-state index contributed by atoms with van der Waals surface area (Å²) in [6, 6.07) is 133. The molecule has 0 radical (unpaired) electrons. The summed E-state index contributed by atoms with van der Waals surface area (Å²) in [5, 5.41) is 8.69. The zero-order valence-electron chi connectivity index (χ0n) is 66.5. The van der Waals surface area contributed by atoms with Crippen LogP contribution >= 0.6 is 30.6 Å². The highest BCUT2D eigenvalue weighted by Crippen LogP contribution is 2.51. The molecular formula is C108H70N11OPS2. The van der Waals surface area contributed by atoms with E-state index in [2.05, 4.69) is 223 Å². The highest BCUT2D eigenvalue weighted by molar-refractivity contribution is 7.85. The van der Waals surface area contributed by atoms with E-state index >= 15 is 4.57 Å². The van der Waals surface area contributed by atoms with E-state index in [1.807, 2.05) is 188 Å². The van der Waals surface area contributed by atoms with Gasteiger partial charge < -0.3 is 4.57 Å². The van der Waals surface area contributed by atoms with Crippen molar-refractivity contribution in [3.05, 3.63) is 399 Å². The van der Waals surface area contributed by atoms with Crippen LogP contribution in [-0.2, 0) is 9.98 Å². The van der Waals surface area contributed by atoms with Gasteiger partial charge in [0.2, 0.25) is 0 Å². The van der Waals surface area contributed by atoms with Crippen LogP contribution in [0.3, 0.4) is 0 Å². The van der Waals surface area contributed by atoms with Crippen LogP contribution in [-0.4, -0.2) is 52.4 Å². The Hall–Kier alpha value is -15.2. The lowest BCUT2D eigenvalue weighted by Gasteiger charge is -2.22. The third-order valence-electron chi connectivity index (χ3n) is 23.7. The van der Waals surface area contributed by atoms with Gasteiger partial charge in [0.05, 0.1) is 57.3 Å². The van der Waals surface area contributed by atoms with Crippen LogP contribution in [0.25, 0.3) is 201 Å². The maximum Gasteiger partial charge on any atom is 0.171 e. The van der Waals surface area contributed by atoms with Gasteiger partial charge in [-0.15, -0.1) is 0 Å². The van der Waals surface area contributed by atoms with Crippen molar-refractivity contribution in [2.45, 2.75) is 19.3 Å². The molecule has 1 aliphatic carbocycles. The Bertz CT molecular complexity index is 7880. The molecule has 22 aromatic rings. The Labute approximate surface area is 717 Å². The summed E-state index contributed by atoms with van der Waals surface area (Å²) < 4.78 is 33.7. The fourth-order valence-electron chi connectivity index (χ4n) is 17.4. The molecule has 123 heavy (non-hydrogen) atoms. The molecule has 6 heterocycles. The van der Waals surface area contributed by atoms with Gasteiger partial charge >= 0.3 is 0 Å². The van der Waals surface area contributed by atoms with Gasteiger partial charge in [-0.1, -0.05) is 341 Å². The van der Waals surface area contributed by atoms with Crippen molar-refractivity contribution in [2.24, 2.45) is 0 Å². The van der Waals surface area contributed by atoms with Gasteiger partial charge in [-0.2, -0.15) is 17.5 Å². The summed E-state index contributed by atoms with van der Waals surface area (Å²) in [5.74, 6) is 2.47. The SMILES string of the molecule is CC1(C)c2ccccc2-c2ccc(-c3ccc(-c4nc(-c5ccccc5)nc(-c5cccc(-c6ccc7c(c6)nc(-c6ccccc6)c6ccc8nsnc8c67)c5)n4)cc3)cc21.O=P(c1ccccc1)(c1ccccc1)c1ccc(-c2cc(-c3cccc(-c4ccc5c(c4)nc(-c4ccccc4)c4ccc6nsnc6c45)c3)nc(-c3ccccc3)n2)cc1. The van der Waals surface area contributed by atoms with E-state index in [1.54, 1.807) is 0 Å². The molecule has 0 amide bonds. The normalized spacial score (nSPS) is 12.2. The first-order valence-corrected chi connectivity index (χ1v) is 44.0. The molecule has 0 unspecified atom stereocenters. The Morgan fingerprint density at radius 2 is 0.593 bits per heavy atom. The molecule has 0 saturated heterocycles. The summed E-state index contributed by atoms with van der Waals surface area (Å²) in [6.45, 7) is 4.64. The molecule has 16 aromatic carbocycles. The average molecular weight is 1630 g/mol. The predicted octanol–water partition coefficient (Wildman–Crippen LogP) is 26.0. The molecule has 23 rings (SSSR count). The number of rotatable bonds is 14. The monoisotopic (exact) mass is 1630 g/mol. The Morgan fingerprint density at radius 1 is 0.236 bits per heavy atom. The Morgan fingerprint density at radius 3 is 1.12 bits per heavy atom. The van der Waals surface area contributed by atoms with E-state index < -0.39 is 7.14 Å². The van der Waals surface area contributed by atoms with Crippen molar-refractivity contribution >= 4 is 112 Å². The van der Waals surface area contributed by atoms with Gasteiger partial charge in [0.1, 0.15) is 22.1 Å². The minimum atomic E-state index is -3.13. The number of benzene rings is 16. The molecule has 1 aliphatic rings. The summed E-state index contributed by atoms with van der Waals surface area (Å²) in [5.41, 5.74) is 28.2. The van der Waals surface area contributed by atoms with Gasteiger partial charge in [-0.25, -0.2) is 34.9 Å². The molecule has 0 saturated carbocycles. The summed E-state index contributed by atoms with van der Waals surface area (Å²) in [7, 11) is -3.13. The number of nitrogens with zero attached hydrogens (tertiary/aromatic N) is 11. The predicted molar refractivity (Wildman–Crippen MR) is 506 cm³/mol. The highest BCUT2D eigenvalue weighted by atomic mass is 32.1. The zero-order valence-corrected chi connectivity index (χ0v) is 69.1. The van der Waals surface area contributed by atoms with Crippen molar-refractivity contribution < 1.29 is 4.57 Å². The van der Waals surface area contributed by atoms with Gasteiger partial charge in [0.25, 0.3) is 0 Å². The van der Waals surface area contributed by atoms with Gasteiger partial charge in [-0.3, -0.25) is 0 Å². The van der Waals surface area contributed by atoms with Crippen molar-refractivity contribution in [2.75, 3.05) is 0 Å². The van der Waals surface area contributed by atoms with Crippen molar-refractivity contribution in [1.29, 1.82) is 0 Å². The van der Waals surface area contributed by atoms with Crippen molar-refractivity contribution in [1.82, 2.24) is 52.4 Å². The van der Waals surface area contributed by atoms with Crippen LogP contribution in [0, 0.1) is 0 Å². The molecular weight excluding hydrogens is 1560 g/mol. The zero-order chi connectivity index (χ0) is 82.1. The van der Waals surface area contributed by atoms with Crippen LogP contribution < -0.4 is 15.9 Å². The molecule has 0 spiro atoms. The van der Waals surface area contributed by atoms with Crippen LogP contribution in [0.5, 0.6) is 0 Å². The molecule has 15 heteroatoms. The summed E-state index contributed by atoms with van der Waals surface area (Å²) in [4.78, 5) is 36.1. The first kappa shape index (κ1) is 74.1. The standard InChI is InChI=1S/C55H36N6S.C53H34N5OPS/c1-55(2)45-19-10-9-18-41(45)42-26-24-38(31-46(42)55)33-20-22-36(23-21-33)53-57-52(35-14-7-4-8-15-35)58-54(59-53)40-17-11-16-37(30-40)39-25-27-43-48(32-39)56-50(34-12-5-3-6-13-34)44-28-29-47-51(49(43)44)61-62-60-47;59-60(41-20-9-3-10-21-41,42-22-11-4-12-23-42)43-27-24-35(25-28-43)47-34-48(56-53(55-47)37-16-7-2-8-17-37)40-19-13-18-38(32-40)39-26-29-44-49(33-39)54-51(36-14-5-1-6-15-36)45-30-31-46-52(50(44)45)58-61-57-46/h3-32H,1-2H3;1-34H. The van der Waals surface area contributed by atoms with Crippen LogP contribution in [0.15, 0.2) is 388 Å². The highest BCUT2D eigenvalue weighted by Gasteiger charge is 2.36. The van der Waals surface area contributed by atoms with E-state index in [0.29, 0.717) is 23.3 Å². The van der Waals surface area contributed by atoms with Crippen molar-refractivity contribution in [3.8, 4) is 135 Å². The van der Waals surface area contributed by atoms with E-state index in [4.69, 9.17) is 43.6 Å². The third-order valence-corrected chi connectivity index (χ3v) is 27.8. The third kappa shape index (κ3) is 13.5. The molecule has 12 nitrogen and oxygen atoms in total. The number of pyridine rings is 2. The smallest absolute Gasteiger partial charge is 0.171 e. The average Bonchev–Trinajstić information content (AvgIpc) is 1.68. The first-order chi connectivity index (χ1) is 60.6. The van der Waals surface area contributed by atoms with E-state index in [1.165, 1.54) is 51.3 Å². The molecule has 0 aliphatic heterocycles. The van der Waals surface area contributed by atoms with Gasteiger partial charge in [0.15, 0.2) is 30.4 Å². The molecule has 0 N–H and O–H groups in total. The topological polar surface area (TPSA) is 159 Å². The first-order valence-electron chi connectivity index (χ1n) is 40.8. The maximum atomic E-state index is 15.1.